The van der Waals surface area contributed by atoms with Crippen molar-refractivity contribution in [1.29, 1.82) is 0 Å². The van der Waals surface area contributed by atoms with Gasteiger partial charge in [0.25, 0.3) is 5.91 Å². The Morgan fingerprint density at radius 3 is 2.71 bits per heavy atom. The maximum absolute atomic E-state index is 14.3. The molecule has 4 heterocycles. The molecule has 4 aromatic rings. The maximum Gasteiger partial charge on any atom is 0.291 e. The molecule has 10 heteroatoms. The summed E-state index contributed by atoms with van der Waals surface area (Å²) in [6.45, 7) is 1.28. The van der Waals surface area contributed by atoms with Crippen molar-refractivity contribution in [1.82, 2.24) is 29.7 Å². The first kappa shape index (κ1) is 19.2. The highest BCUT2D eigenvalue weighted by Gasteiger charge is 2.24. The number of halogens is 2. The molecule has 1 aromatic carbocycles. The number of likely N-dealkylation sites (N-methyl/N-ethyl adjacent to an activating group) is 1. The van der Waals surface area contributed by atoms with Crippen molar-refractivity contribution in [2.24, 2.45) is 0 Å². The number of pyridine rings is 1. The Hall–Kier alpha value is -3.82. The molecular weight excluding hydrogens is 404 g/mol. The SMILES string of the molecule is CN1C[C@@H](NC(=O)c2nc3cccc(-c4c(F)cccc4F)n3n2)CCn2nccc21. The second-order valence-electron chi connectivity index (χ2n) is 7.47. The highest BCUT2D eigenvalue weighted by atomic mass is 19.1. The van der Waals surface area contributed by atoms with Crippen LogP contribution in [0.4, 0.5) is 14.6 Å². The van der Waals surface area contributed by atoms with Crippen molar-refractivity contribution in [3.63, 3.8) is 0 Å². The molecular formula is C21H19F2N7O. The van der Waals surface area contributed by atoms with Crippen LogP contribution < -0.4 is 10.2 Å². The number of nitrogens with zero attached hydrogens (tertiary/aromatic N) is 6. The number of nitrogens with one attached hydrogen (secondary N) is 1. The Bertz CT molecular complexity index is 1260. The lowest BCUT2D eigenvalue weighted by molar-refractivity contribution is 0.0925. The van der Waals surface area contributed by atoms with Crippen molar-refractivity contribution < 1.29 is 13.6 Å². The Kier molecular flexibility index (Phi) is 4.61. The molecule has 0 radical (unpaired) electrons. The van der Waals surface area contributed by atoms with Crippen LogP contribution in [0.1, 0.15) is 17.0 Å². The second-order valence-corrected chi connectivity index (χ2v) is 7.47. The van der Waals surface area contributed by atoms with Gasteiger partial charge in [0.05, 0.1) is 17.5 Å². The van der Waals surface area contributed by atoms with E-state index in [1.807, 2.05) is 22.7 Å². The molecule has 5 rings (SSSR count). The van der Waals surface area contributed by atoms with E-state index < -0.39 is 17.5 Å². The first-order chi connectivity index (χ1) is 15.0. The lowest BCUT2D eigenvalue weighted by Gasteiger charge is -2.21. The van der Waals surface area contributed by atoms with Gasteiger partial charge in [-0.1, -0.05) is 12.1 Å². The third-order valence-electron chi connectivity index (χ3n) is 5.39. The smallest absolute Gasteiger partial charge is 0.291 e. The summed E-state index contributed by atoms with van der Waals surface area (Å²) in [6, 6.07) is 10.2. The van der Waals surface area contributed by atoms with Crippen LogP contribution in [0.15, 0.2) is 48.7 Å². The van der Waals surface area contributed by atoms with E-state index in [4.69, 9.17) is 0 Å². The first-order valence-electron chi connectivity index (χ1n) is 9.85. The quantitative estimate of drug-likeness (QED) is 0.548. The monoisotopic (exact) mass is 423 g/mol. The summed E-state index contributed by atoms with van der Waals surface area (Å²) in [7, 11) is 1.94. The van der Waals surface area contributed by atoms with Crippen LogP contribution in [0.5, 0.6) is 0 Å². The number of fused-ring (bicyclic) bond motifs is 2. The highest BCUT2D eigenvalue weighted by molar-refractivity contribution is 5.91. The predicted octanol–water partition coefficient (Wildman–Crippen LogP) is 2.51. The van der Waals surface area contributed by atoms with Crippen LogP contribution in [0.3, 0.4) is 0 Å². The Morgan fingerprint density at radius 1 is 1.13 bits per heavy atom. The zero-order valence-corrected chi connectivity index (χ0v) is 16.7. The van der Waals surface area contributed by atoms with Gasteiger partial charge >= 0.3 is 0 Å². The average Bonchev–Trinajstić information content (AvgIpc) is 3.36. The number of carbonyl (C=O) groups excluding carboxylic acids is 1. The van der Waals surface area contributed by atoms with Crippen LogP contribution >= 0.6 is 0 Å². The van der Waals surface area contributed by atoms with E-state index in [9.17, 15) is 13.6 Å². The fourth-order valence-corrected chi connectivity index (χ4v) is 3.92. The highest BCUT2D eigenvalue weighted by Crippen LogP contribution is 2.26. The van der Waals surface area contributed by atoms with E-state index in [1.54, 1.807) is 18.3 Å². The lowest BCUT2D eigenvalue weighted by Crippen LogP contribution is -2.42. The summed E-state index contributed by atoms with van der Waals surface area (Å²) in [4.78, 5) is 19.1. The summed E-state index contributed by atoms with van der Waals surface area (Å²) in [5, 5.41) is 11.5. The number of benzene rings is 1. The van der Waals surface area contributed by atoms with Gasteiger partial charge in [-0.15, -0.1) is 5.10 Å². The van der Waals surface area contributed by atoms with Gasteiger partial charge in [-0.2, -0.15) is 5.10 Å². The summed E-state index contributed by atoms with van der Waals surface area (Å²) in [5.74, 6) is -0.949. The van der Waals surface area contributed by atoms with E-state index in [0.717, 1.165) is 5.82 Å². The summed E-state index contributed by atoms with van der Waals surface area (Å²) >= 11 is 0. The zero-order chi connectivity index (χ0) is 21.5. The number of hydrogen-bond donors (Lipinski definition) is 1. The fraction of sp³-hybridized carbons (Fsp3) is 0.238. The van der Waals surface area contributed by atoms with Crippen LogP contribution in [-0.4, -0.2) is 49.9 Å². The standard InChI is InChI=1S/C21H19F2N7O/c1-28-12-13(9-11-29-18(28)8-10-24-29)25-21(31)20-26-17-7-3-6-16(30(17)27-20)19-14(22)4-2-5-15(19)23/h2-8,10,13H,9,11-12H2,1H3,(H,25,31)/t13-/m0/s1. The van der Waals surface area contributed by atoms with Crippen LogP contribution in [0.2, 0.25) is 0 Å². The molecule has 0 fully saturated rings. The van der Waals surface area contributed by atoms with E-state index in [-0.39, 0.29) is 23.1 Å². The molecule has 1 N–H and O–H groups in total. The molecule has 158 valence electrons. The van der Waals surface area contributed by atoms with E-state index in [2.05, 4.69) is 20.5 Å². The topological polar surface area (TPSA) is 80.4 Å². The summed E-state index contributed by atoms with van der Waals surface area (Å²) in [5.41, 5.74) is 0.285. The molecule has 0 saturated heterocycles. The Balaban J connectivity index is 1.42. The number of aromatic nitrogens is 5. The minimum atomic E-state index is -0.715. The summed E-state index contributed by atoms with van der Waals surface area (Å²) < 4.78 is 31.8. The van der Waals surface area contributed by atoms with Gasteiger partial charge in [0.1, 0.15) is 17.5 Å². The molecule has 0 spiro atoms. The molecule has 1 atom stereocenters. The molecule has 8 nitrogen and oxygen atoms in total. The van der Waals surface area contributed by atoms with Gasteiger partial charge in [0, 0.05) is 32.2 Å². The normalized spacial score (nSPS) is 16.2. The number of hydrogen-bond acceptors (Lipinski definition) is 5. The average molecular weight is 423 g/mol. The maximum atomic E-state index is 14.3. The number of anilines is 1. The van der Waals surface area contributed by atoms with Gasteiger partial charge in [-0.25, -0.2) is 23.0 Å². The third-order valence-corrected chi connectivity index (χ3v) is 5.39. The van der Waals surface area contributed by atoms with Crippen LogP contribution in [0, 0.1) is 11.6 Å². The van der Waals surface area contributed by atoms with Crippen molar-refractivity contribution >= 4 is 17.4 Å². The molecule has 31 heavy (non-hydrogen) atoms. The van der Waals surface area contributed by atoms with Crippen molar-refractivity contribution in [3.8, 4) is 11.3 Å². The van der Waals surface area contributed by atoms with Crippen molar-refractivity contribution in [3.05, 3.63) is 66.1 Å². The largest absolute Gasteiger partial charge is 0.358 e. The van der Waals surface area contributed by atoms with Gasteiger partial charge in [0.15, 0.2) is 5.65 Å². The number of amides is 1. The molecule has 1 aliphatic heterocycles. The number of carbonyl (C=O) groups is 1. The Morgan fingerprint density at radius 2 is 1.90 bits per heavy atom. The third kappa shape index (κ3) is 3.39. The van der Waals surface area contributed by atoms with Gasteiger partial charge < -0.3 is 10.2 Å². The molecule has 0 aliphatic carbocycles. The minimum Gasteiger partial charge on any atom is -0.358 e. The zero-order valence-electron chi connectivity index (χ0n) is 16.7. The molecule has 0 bridgehead atoms. The predicted molar refractivity (Wildman–Crippen MR) is 110 cm³/mol. The minimum absolute atomic E-state index is 0.0613. The van der Waals surface area contributed by atoms with Gasteiger partial charge in [-0.3, -0.25) is 4.79 Å². The van der Waals surface area contributed by atoms with Gasteiger partial charge in [0.2, 0.25) is 5.82 Å². The van der Waals surface area contributed by atoms with E-state index in [1.165, 1.54) is 28.8 Å². The van der Waals surface area contributed by atoms with Gasteiger partial charge in [-0.05, 0) is 30.7 Å². The summed E-state index contributed by atoms with van der Waals surface area (Å²) in [6.07, 6.45) is 2.45. The lowest BCUT2D eigenvalue weighted by atomic mass is 10.1. The van der Waals surface area contributed by atoms with E-state index in [0.29, 0.717) is 25.2 Å². The molecule has 1 amide bonds. The number of aryl methyl sites for hydroxylation is 1. The van der Waals surface area contributed by atoms with Crippen LogP contribution in [0.25, 0.3) is 16.9 Å². The molecule has 3 aromatic heterocycles. The molecule has 0 saturated carbocycles. The second kappa shape index (κ2) is 7.46. The van der Waals surface area contributed by atoms with Crippen molar-refractivity contribution in [2.75, 3.05) is 18.5 Å². The van der Waals surface area contributed by atoms with E-state index >= 15 is 0 Å². The number of rotatable bonds is 3. The first-order valence-corrected chi connectivity index (χ1v) is 9.85. The molecule has 1 aliphatic rings. The fourth-order valence-electron chi connectivity index (χ4n) is 3.92. The molecule has 0 unspecified atom stereocenters. The van der Waals surface area contributed by atoms with Crippen molar-refractivity contribution in [2.45, 2.75) is 19.0 Å². The Labute approximate surface area is 176 Å². The van der Waals surface area contributed by atoms with Crippen LogP contribution in [-0.2, 0) is 6.54 Å².